The standard InChI is InChI=1S/C17H14O2/c18-17(15-10-11-3-1-2-4-14(11)15)13-5-6-16-12(9-13)7-8-19-16/h1-6,9,15H,7-8,10H2. The van der Waals surface area contributed by atoms with Gasteiger partial charge in [-0.05, 0) is 41.3 Å². The van der Waals surface area contributed by atoms with Gasteiger partial charge in [0.05, 0.1) is 12.5 Å². The highest BCUT2D eigenvalue weighted by Gasteiger charge is 2.32. The molecule has 0 N–H and O–H groups in total. The number of hydrogen-bond acceptors (Lipinski definition) is 2. The van der Waals surface area contributed by atoms with Crippen LogP contribution in [0.1, 0.15) is 33.0 Å². The van der Waals surface area contributed by atoms with Gasteiger partial charge in [0.2, 0.25) is 0 Å². The van der Waals surface area contributed by atoms with Gasteiger partial charge in [-0.3, -0.25) is 4.79 Å². The molecule has 0 bridgehead atoms. The minimum Gasteiger partial charge on any atom is -0.493 e. The van der Waals surface area contributed by atoms with Crippen molar-refractivity contribution < 1.29 is 9.53 Å². The van der Waals surface area contributed by atoms with E-state index in [0.29, 0.717) is 0 Å². The van der Waals surface area contributed by atoms with Gasteiger partial charge in [-0.25, -0.2) is 0 Å². The molecule has 1 heterocycles. The Morgan fingerprint density at radius 3 is 2.89 bits per heavy atom. The maximum absolute atomic E-state index is 12.5. The van der Waals surface area contributed by atoms with Gasteiger partial charge in [0.15, 0.2) is 5.78 Å². The fourth-order valence-corrected chi connectivity index (χ4v) is 3.03. The first kappa shape index (κ1) is 10.8. The second kappa shape index (κ2) is 3.95. The molecule has 1 atom stereocenters. The molecule has 2 heteroatoms. The zero-order chi connectivity index (χ0) is 12.8. The van der Waals surface area contributed by atoms with Gasteiger partial charge >= 0.3 is 0 Å². The van der Waals surface area contributed by atoms with E-state index in [2.05, 4.69) is 12.1 Å². The Hall–Kier alpha value is -2.09. The third kappa shape index (κ3) is 1.60. The minimum atomic E-state index is 0.0524. The monoisotopic (exact) mass is 250 g/mol. The lowest BCUT2D eigenvalue weighted by Gasteiger charge is -2.28. The van der Waals surface area contributed by atoms with E-state index in [-0.39, 0.29) is 11.7 Å². The number of fused-ring (bicyclic) bond motifs is 2. The highest BCUT2D eigenvalue weighted by atomic mass is 16.5. The highest BCUT2D eigenvalue weighted by molar-refractivity contribution is 6.03. The number of carbonyl (C=O) groups is 1. The number of hydrogen-bond donors (Lipinski definition) is 0. The molecule has 2 aliphatic rings. The maximum atomic E-state index is 12.5. The quantitative estimate of drug-likeness (QED) is 0.765. The van der Waals surface area contributed by atoms with E-state index in [0.717, 1.165) is 30.8 Å². The smallest absolute Gasteiger partial charge is 0.170 e. The Labute approximate surface area is 112 Å². The van der Waals surface area contributed by atoms with Crippen LogP contribution in [0.5, 0.6) is 5.75 Å². The number of rotatable bonds is 2. The van der Waals surface area contributed by atoms with Crippen LogP contribution in [0.3, 0.4) is 0 Å². The van der Waals surface area contributed by atoms with Crippen molar-refractivity contribution in [3.05, 3.63) is 64.7 Å². The van der Waals surface area contributed by atoms with Crippen LogP contribution in [0.25, 0.3) is 0 Å². The average molecular weight is 250 g/mol. The molecule has 0 spiro atoms. The van der Waals surface area contributed by atoms with Crippen LogP contribution in [0.2, 0.25) is 0 Å². The summed E-state index contributed by atoms with van der Waals surface area (Å²) in [6, 6.07) is 14.0. The summed E-state index contributed by atoms with van der Waals surface area (Å²) >= 11 is 0. The molecule has 2 aromatic carbocycles. The van der Waals surface area contributed by atoms with Crippen molar-refractivity contribution in [2.24, 2.45) is 0 Å². The third-order valence-corrected chi connectivity index (χ3v) is 4.15. The first-order chi connectivity index (χ1) is 9.33. The number of ketones is 1. The van der Waals surface area contributed by atoms with Crippen molar-refractivity contribution in [2.75, 3.05) is 6.61 Å². The van der Waals surface area contributed by atoms with Crippen LogP contribution in [0, 0.1) is 0 Å². The lowest BCUT2D eigenvalue weighted by molar-refractivity contribution is 0.0949. The van der Waals surface area contributed by atoms with Crippen LogP contribution in [0.4, 0.5) is 0 Å². The molecule has 0 fully saturated rings. The Morgan fingerprint density at radius 2 is 2.00 bits per heavy atom. The van der Waals surface area contributed by atoms with Gasteiger partial charge in [0.1, 0.15) is 5.75 Å². The normalized spacial score (nSPS) is 19.1. The maximum Gasteiger partial charge on any atom is 0.170 e. The molecule has 4 rings (SSSR count). The van der Waals surface area contributed by atoms with Crippen LogP contribution < -0.4 is 4.74 Å². The van der Waals surface area contributed by atoms with Gasteiger partial charge < -0.3 is 4.74 Å². The second-order valence-corrected chi connectivity index (χ2v) is 5.24. The van der Waals surface area contributed by atoms with E-state index >= 15 is 0 Å². The van der Waals surface area contributed by atoms with Crippen molar-refractivity contribution in [3.8, 4) is 5.75 Å². The molecule has 0 radical (unpaired) electrons. The predicted octanol–water partition coefficient (Wildman–Crippen LogP) is 3.14. The SMILES string of the molecule is O=C(c1ccc2c(c1)CCO2)C1Cc2ccccc21. The summed E-state index contributed by atoms with van der Waals surface area (Å²) in [6.45, 7) is 0.735. The Balaban J connectivity index is 1.66. The van der Waals surface area contributed by atoms with Crippen molar-refractivity contribution >= 4 is 5.78 Å². The minimum absolute atomic E-state index is 0.0524. The summed E-state index contributed by atoms with van der Waals surface area (Å²) in [5.74, 6) is 1.23. The lowest BCUT2D eigenvalue weighted by atomic mass is 9.74. The van der Waals surface area contributed by atoms with Crippen LogP contribution in [-0.2, 0) is 12.8 Å². The van der Waals surface area contributed by atoms with Gasteiger partial charge in [-0.1, -0.05) is 24.3 Å². The first-order valence-corrected chi connectivity index (χ1v) is 6.71. The largest absolute Gasteiger partial charge is 0.493 e. The van der Waals surface area contributed by atoms with Crippen molar-refractivity contribution in [1.82, 2.24) is 0 Å². The average Bonchev–Trinajstić information content (AvgIpc) is 2.87. The van der Waals surface area contributed by atoms with Crippen molar-refractivity contribution in [3.63, 3.8) is 0 Å². The molecule has 0 saturated heterocycles. The van der Waals surface area contributed by atoms with Gasteiger partial charge in [-0.15, -0.1) is 0 Å². The number of benzene rings is 2. The Morgan fingerprint density at radius 1 is 1.11 bits per heavy atom. The van der Waals surface area contributed by atoms with Crippen LogP contribution in [-0.4, -0.2) is 12.4 Å². The molecule has 2 nitrogen and oxygen atoms in total. The first-order valence-electron chi connectivity index (χ1n) is 6.71. The van der Waals surface area contributed by atoms with E-state index in [1.54, 1.807) is 0 Å². The molecule has 0 amide bonds. The zero-order valence-corrected chi connectivity index (χ0v) is 10.6. The Bertz CT molecular complexity index is 673. The number of carbonyl (C=O) groups excluding carboxylic acids is 1. The lowest BCUT2D eigenvalue weighted by Crippen LogP contribution is -2.25. The van der Waals surface area contributed by atoms with Gasteiger partial charge in [-0.2, -0.15) is 0 Å². The highest BCUT2D eigenvalue weighted by Crippen LogP contribution is 2.38. The molecule has 2 aromatic rings. The molecular formula is C17H14O2. The molecular weight excluding hydrogens is 236 g/mol. The molecule has 0 aromatic heterocycles. The zero-order valence-electron chi connectivity index (χ0n) is 10.6. The summed E-state index contributed by atoms with van der Waals surface area (Å²) in [6.07, 6.45) is 1.79. The van der Waals surface area contributed by atoms with Gasteiger partial charge in [0, 0.05) is 12.0 Å². The number of ether oxygens (including phenoxy) is 1. The fraction of sp³-hybridized carbons (Fsp3) is 0.235. The van der Waals surface area contributed by atoms with Crippen molar-refractivity contribution in [2.45, 2.75) is 18.8 Å². The molecule has 1 aliphatic heterocycles. The van der Waals surface area contributed by atoms with Crippen LogP contribution in [0.15, 0.2) is 42.5 Å². The van der Waals surface area contributed by atoms with E-state index < -0.39 is 0 Å². The fourth-order valence-electron chi connectivity index (χ4n) is 3.03. The molecule has 0 saturated carbocycles. The van der Waals surface area contributed by atoms with Crippen LogP contribution >= 0.6 is 0 Å². The second-order valence-electron chi connectivity index (χ2n) is 5.24. The topological polar surface area (TPSA) is 26.3 Å². The number of Topliss-reactive ketones (excluding diaryl/α,β-unsaturated/α-hetero) is 1. The summed E-state index contributed by atoms with van der Waals surface area (Å²) in [5.41, 5.74) is 4.50. The summed E-state index contributed by atoms with van der Waals surface area (Å²) in [5, 5.41) is 0. The summed E-state index contributed by atoms with van der Waals surface area (Å²) in [7, 11) is 0. The Kier molecular flexibility index (Phi) is 2.25. The summed E-state index contributed by atoms with van der Waals surface area (Å²) in [4.78, 5) is 12.5. The molecule has 94 valence electrons. The summed E-state index contributed by atoms with van der Waals surface area (Å²) < 4.78 is 5.48. The van der Waals surface area contributed by atoms with E-state index in [1.165, 1.54) is 16.7 Å². The molecule has 19 heavy (non-hydrogen) atoms. The van der Waals surface area contributed by atoms with E-state index in [1.807, 2.05) is 30.3 Å². The molecule has 1 aliphatic carbocycles. The van der Waals surface area contributed by atoms with E-state index in [9.17, 15) is 4.79 Å². The van der Waals surface area contributed by atoms with Crippen molar-refractivity contribution in [1.29, 1.82) is 0 Å². The van der Waals surface area contributed by atoms with Gasteiger partial charge in [0.25, 0.3) is 0 Å². The molecule has 1 unspecified atom stereocenters. The predicted molar refractivity (Wildman–Crippen MR) is 72.9 cm³/mol. The third-order valence-electron chi connectivity index (χ3n) is 4.15. The van der Waals surface area contributed by atoms with E-state index in [4.69, 9.17) is 4.74 Å².